The van der Waals surface area contributed by atoms with E-state index in [1.54, 1.807) is 6.07 Å². The van der Waals surface area contributed by atoms with Crippen molar-refractivity contribution in [2.45, 2.75) is 44.4 Å². The topological polar surface area (TPSA) is 118 Å². The highest BCUT2D eigenvalue weighted by atomic mass is 16.6. The van der Waals surface area contributed by atoms with Gasteiger partial charge in [-0.25, -0.2) is 0 Å². The zero-order chi connectivity index (χ0) is 18.8. The predicted molar refractivity (Wildman–Crippen MR) is 92.9 cm³/mol. The van der Waals surface area contributed by atoms with Gasteiger partial charge in [0.1, 0.15) is 0 Å². The molecule has 0 amide bonds. The molecular weight excluding hydrogens is 338 g/mol. The van der Waals surface area contributed by atoms with Crippen molar-refractivity contribution in [2.24, 2.45) is 0 Å². The molecule has 1 aromatic carbocycles. The molecule has 0 saturated heterocycles. The average Bonchev–Trinajstić information content (AvgIpc) is 2.60. The minimum Gasteiger partial charge on any atom is -0.512 e. The van der Waals surface area contributed by atoms with E-state index in [0.29, 0.717) is 31.2 Å². The number of Topliss-reactive ketones (excluding diaryl/α,β-unsaturated/α-hetero) is 2. The van der Waals surface area contributed by atoms with Crippen molar-refractivity contribution in [2.75, 3.05) is 0 Å². The molecule has 0 aliphatic heterocycles. The Morgan fingerprint density at radius 3 is 1.92 bits per heavy atom. The maximum atomic E-state index is 12.5. The molecule has 0 radical (unpaired) electrons. The Morgan fingerprint density at radius 1 is 0.923 bits per heavy atom. The van der Waals surface area contributed by atoms with Gasteiger partial charge in [-0.1, -0.05) is 12.1 Å². The van der Waals surface area contributed by atoms with Gasteiger partial charge in [0.05, 0.1) is 16.4 Å². The van der Waals surface area contributed by atoms with Gasteiger partial charge < -0.3 is 10.2 Å². The number of rotatable bonds is 4. The van der Waals surface area contributed by atoms with Crippen LogP contribution >= 0.6 is 0 Å². The highest BCUT2D eigenvalue weighted by Gasteiger charge is 2.37. The molecule has 2 aliphatic carbocycles. The van der Waals surface area contributed by atoms with Crippen LogP contribution in [0, 0.1) is 10.1 Å². The van der Waals surface area contributed by atoms with Crippen LogP contribution in [0.3, 0.4) is 0 Å². The predicted octanol–water partition coefficient (Wildman–Crippen LogP) is 3.81. The molecule has 7 heteroatoms. The lowest BCUT2D eigenvalue weighted by Crippen LogP contribution is -2.25. The molecule has 0 saturated carbocycles. The second-order valence-electron chi connectivity index (χ2n) is 6.56. The molecule has 0 aromatic heterocycles. The molecule has 0 heterocycles. The number of aliphatic hydroxyl groups is 2. The second kappa shape index (κ2) is 7.11. The maximum absolute atomic E-state index is 12.5. The molecule has 2 aliphatic rings. The van der Waals surface area contributed by atoms with Crippen LogP contribution in [0.25, 0.3) is 0 Å². The van der Waals surface area contributed by atoms with Gasteiger partial charge in [0.15, 0.2) is 11.6 Å². The third-order valence-corrected chi connectivity index (χ3v) is 4.85. The maximum Gasteiger partial charge on any atom is 0.269 e. The van der Waals surface area contributed by atoms with Gasteiger partial charge in [-0.3, -0.25) is 19.7 Å². The minimum absolute atomic E-state index is 0.0635. The number of hydrogen-bond acceptors (Lipinski definition) is 6. The van der Waals surface area contributed by atoms with Crippen LogP contribution in [0.2, 0.25) is 0 Å². The number of ketones is 2. The summed E-state index contributed by atoms with van der Waals surface area (Å²) in [6.45, 7) is 0. The lowest BCUT2D eigenvalue weighted by molar-refractivity contribution is -0.384. The third kappa shape index (κ3) is 3.24. The summed E-state index contributed by atoms with van der Waals surface area (Å²) in [5.74, 6) is -1.82. The van der Waals surface area contributed by atoms with E-state index >= 15 is 0 Å². The number of benzene rings is 1. The smallest absolute Gasteiger partial charge is 0.269 e. The number of nitro groups is 1. The Labute approximate surface area is 149 Å². The fourth-order valence-corrected chi connectivity index (χ4v) is 3.64. The van der Waals surface area contributed by atoms with Gasteiger partial charge in [0, 0.05) is 54.9 Å². The monoisotopic (exact) mass is 357 g/mol. The number of hydrogen-bond donors (Lipinski definition) is 2. The lowest BCUT2D eigenvalue weighted by atomic mass is 9.74. The van der Waals surface area contributed by atoms with Crippen molar-refractivity contribution in [1.82, 2.24) is 0 Å². The number of allylic oxidation sites excluding steroid dienone is 4. The first-order valence-electron chi connectivity index (χ1n) is 8.55. The summed E-state index contributed by atoms with van der Waals surface area (Å²) in [5.41, 5.74) is 0.286. The molecule has 7 nitrogen and oxygen atoms in total. The van der Waals surface area contributed by atoms with Gasteiger partial charge in [-0.05, 0) is 18.4 Å². The van der Waals surface area contributed by atoms with E-state index in [4.69, 9.17) is 0 Å². The van der Waals surface area contributed by atoms with Crippen LogP contribution in [-0.4, -0.2) is 26.7 Å². The van der Waals surface area contributed by atoms with Gasteiger partial charge in [-0.2, -0.15) is 0 Å². The minimum atomic E-state index is -0.990. The molecule has 0 fully saturated rings. The Hall–Kier alpha value is -2.96. The SMILES string of the molecule is O=C1CCCC(O)=C1C(C1=C(O)CCCC1=O)c1cccc([N+](=O)[O-])c1. The molecule has 0 atom stereocenters. The van der Waals surface area contributed by atoms with E-state index < -0.39 is 10.8 Å². The quantitative estimate of drug-likeness (QED) is 0.625. The van der Waals surface area contributed by atoms with E-state index in [1.807, 2.05) is 0 Å². The van der Waals surface area contributed by atoms with Gasteiger partial charge in [0.25, 0.3) is 5.69 Å². The van der Waals surface area contributed by atoms with Crippen molar-refractivity contribution >= 4 is 17.3 Å². The number of carbonyl (C=O) groups is 2. The first kappa shape index (κ1) is 17.8. The van der Waals surface area contributed by atoms with Crippen molar-refractivity contribution < 1.29 is 24.7 Å². The Balaban J connectivity index is 2.24. The molecule has 136 valence electrons. The molecule has 2 N–H and O–H groups in total. The zero-order valence-electron chi connectivity index (χ0n) is 14.1. The fourth-order valence-electron chi connectivity index (χ4n) is 3.64. The first-order chi connectivity index (χ1) is 12.4. The normalized spacial score (nSPS) is 18.7. The Morgan fingerprint density at radius 2 is 1.46 bits per heavy atom. The standard InChI is InChI=1S/C19H19NO6/c21-13-6-2-7-14(22)18(13)17(19-15(23)8-3-9-16(19)24)11-4-1-5-12(10-11)20(25)26/h1,4-5,10,17,21,23H,2-3,6-9H2. The zero-order valence-corrected chi connectivity index (χ0v) is 14.1. The van der Waals surface area contributed by atoms with Gasteiger partial charge >= 0.3 is 0 Å². The van der Waals surface area contributed by atoms with Crippen LogP contribution in [0.5, 0.6) is 0 Å². The van der Waals surface area contributed by atoms with Crippen LogP contribution in [-0.2, 0) is 9.59 Å². The molecule has 3 rings (SSSR count). The van der Waals surface area contributed by atoms with Crippen LogP contribution in [0.15, 0.2) is 46.9 Å². The summed E-state index contributed by atoms with van der Waals surface area (Å²) < 4.78 is 0. The van der Waals surface area contributed by atoms with E-state index in [9.17, 15) is 29.9 Å². The van der Waals surface area contributed by atoms with Crippen LogP contribution in [0.1, 0.15) is 50.0 Å². The van der Waals surface area contributed by atoms with Crippen molar-refractivity contribution in [3.63, 3.8) is 0 Å². The van der Waals surface area contributed by atoms with E-state index in [0.717, 1.165) is 0 Å². The summed E-state index contributed by atoms with van der Waals surface area (Å²) in [5, 5.41) is 31.9. The molecular formula is C19H19NO6. The lowest BCUT2D eigenvalue weighted by Gasteiger charge is -2.28. The van der Waals surface area contributed by atoms with E-state index in [1.165, 1.54) is 18.2 Å². The highest BCUT2D eigenvalue weighted by Crippen LogP contribution is 2.42. The number of aliphatic hydroxyl groups excluding tert-OH is 2. The summed E-state index contributed by atoms with van der Waals surface area (Å²) >= 11 is 0. The molecule has 0 spiro atoms. The molecule has 0 unspecified atom stereocenters. The number of carbonyl (C=O) groups excluding carboxylic acids is 2. The molecule has 1 aromatic rings. The number of nitro benzene ring substituents is 1. The van der Waals surface area contributed by atoms with Crippen molar-refractivity contribution in [3.8, 4) is 0 Å². The summed E-state index contributed by atoms with van der Waals surface area (Å²) in [4.78, 5) is 35.6. The van der Waals surface area contributed by atoms with E-state index in [-0.39, 0.29) is 52.8 Å². The largest absolute Gasteiger partial charge is 0.512 e. The number of nitrogens with zero attached hydrogens (tertiary/aromatic N) is 1. The van der Waals surface area contributed by atoms with Crippen molar-refractivity contribution in [1.29, 1.82) is 0 Å². The Bertz CT molecular complexity index is 809. The highest BCUT2D eigenvalue weighted by molar-refractivity contribution is 6.05. The van der Waals surface area contributed by atoms with Gasteiger partial charge in [-0.15, -0.1) is 0 Å². The average molecular weight is 357 g/mol. The summed E-state index contributed by atoms with van der Waals surface area (Å²) in [7, 11) is 0. The number of non-ortho nitro benzene ring substituents is 1. The first-order valence-corrected chi connectivity index (χ1v) is 8.55. The third-order valence-electron chi connectivity index (χ3n) is 4.85. The van der Waals surface area contributed by atoms with E-state index in [2.05, 4.69) is 0 Å². The van der Waals surface area contributed by atoms with Gasteiger partial charge in [0.2, 0.25) is 0 Å². The molecule has 0 bridgehead atoms. The Kier molecular flexibility index (Phi) is 4.88. The molecule has 26 heavy (non-hydrogen) atoms. The summed E-state index contributed by atoms with van der Waals surface area (Å²) in [6, 6.07) is 5.64. The summed E-state index contributed by atoms with van der Waals surface area (Å²) in [6.07, 6.45) is 2.08. The van der Waals surface area contributed by atoms with Crippen LogP contribution < -0.4 is 0 Å². The van der Waals surface area contributed by atoms with Crippen LogP contribution in [0.4, 0.5) is 5.69 Å². The second-order valence-corrected chi connectivity index (χ2v) is 6.56. The van der Waals surface area contributed by atoms with Crippen molar-refractivity contribution in [3.05, 3.63) is 62.6 Å². The fraction of sp³-hybridized carbons (Fsp3) is 0.368.